The van der Waals surface area contributed by atoms with Crippen molar-refractivity contribution < 1.29 is 19.5 Å². The van der Waals surface area contributed by atoms with Gasteiger partial charge in [0.15, 0.2) is 5.78 Å². The zero-order valence-electron chi connectivity index (χ0n) is 13.1. The van der Waals surface area contributed by atoms with Crippen molar-refractivity contribution in [3.05, 3.63) is 22.5 Å². The third kappa shape index (κ3) is 4.91. The third-order valence-corrected chi connectivity index (χ3v) is 4.07. The Morgan fingerprint density at radius 3 is 2.55 bits per heavy atom. The van der Waals surface area contributed by atoms with Gasteiger partial charge in [-0.05, 0) is 25.8 Å². The molecule has 0 saturated carbocycles. The molecular weight excluding hydrogens is 304 g/mol. The lowest BCUT2D eigenvalue weighted by Gasteiger charge is -2.06. The summed E-state index contributed by atoms with van der Waals surface area (Å²) in [5.74, 6) is -0.621. The van der Waals surface area contributed by atoms with E-state index < -0.39 is 5.97 Å². The summed E-state index contributed by atoms with van der Waals surface area (Å²) in [5, 5.41) is 11.3. The Bertz CT molecular complexity index is 566. The van der Waals surface area contributed by atoms with E-state index in [1.165, 1.54) is 18.7 Å². The lowest BCUT2D eigenvalue weighted by atomic mass is 10.0. The molecule has 6 nitrogen and oxygen atoms in total. The van der Waals surface area contributed by atoms with Gasteiger partial charge in [0.2, 0.25) is 0 Å². The molecule has 0 fully saturated rings. The number of aromatic amines is 1. The topological polar surface area (TPSA) is 99.3 Å². The molecule has 7 heteroatoms. The average Bonchev–Trinajstić information content (AvgIpc) is 2.75. The van der Waals surface area contributed by atoms with E-state index in [0.29, 0.717) is 35.7 Å². The Morgan fingerprint density at radius 1 is 1.32 bits per heavy atom. The van der Waals surface area contributed by atoms with Crippen molar-refractivity contribution in [3.63, 3.8) is 0 Å². The maximum absolute atomic E-state index is 12.2. The van der Waals surface area contributed by atoms with Crippen LogP contribution in [0.5, 0.6) is 0 Å². The molecule has 1 rings (SSSR count). The number of amides is 1. The Labute approximate surface area is 134 Å². The minimum Gasteiger partial charge on any atom is -0.481 e. The highest BCUT2D eigenvalue weighted by Crippen LogP contribution is 2.21. The largest absolute Gasteiger partial charge is 0.481 e. The molecule has 0 radical (unpaired) electrons. The number of ketones is 1. The zero-order chi connectivity index (χ0) is 16.7. The molecule has 1 heterocycles. The summed E-state index contributed by atoms with van der Waals surface area (Å²) in [5.41, 5.74) is 2.52. The van der Waals surface area contributed by atoms with Crippen LogP contribution in [0.25, 0.3) is 0 Å². The van der Waals surface area contributed by atoms with E-state index in [1.54, 1.807) is 6.92 Å². The summed E-state index contributed by atoms with van der Waals surface area (Å²) < 4.78 is 0. The number of aryl methyl sites for hydroxylation is 1. The van der Waals surface area contributed by atoms with Crippen molar-refractivity contribution in [1.82, 2.24) is 10.3 Å². The molecule has 22 heavy (non-hydrogen) atoms. The maximum Gasteiger partial charge on any atom is 0.313 e. The fourth-order valence-electron chi connectivity index (χ4n) is 2.33. The van der Waals surface area contributed by atoms with Crippen LogP contribution < -0.4 is 5.32 Å². The monoisotopic (exact) mass is 326 g/mol. The van der Waals surface area contributed by atoms with Crippen molar-refractivity contribution in [1.29, 1.82) is 0 Å². The van der Waals surface area contributed by atoms with Crippen LogP contribution in [0.3, 0.4) is 0 Å². The van der Waals surface area contributed by atoms with Crippen LogP contribution in [0.4, 0.5) is 0 Å². The zero-order valence-corrected chi connectivity index (χ0v) is 13.9. The number of nitrogens with one attached hydrogen (secondary N) is 2. The van der Waals surface area contributed by atoms with E-state index in [1.807, 2.05) is 6.92 Å². The normalized spacial score (nSPS) is 10.5. The van der Waals surface area contributed by atoms with Crippen LogP contribution in [0.2, 0.25) is 0 Å². The molecule has 122 valence electrons. The Hall–Kier alpha value is -1.76. The van der Waals surface area contributed by atoms with Gasteiger partial charge in [-0.25, -0.2) is 0 Å². The van der Waals surface area contributed by atoms with Crippen LogP contribution in [0, 0.1) is 6.92 Å². The fraction of sp³-hybridized carbons (Fsp3) is 0.533. The van der Waals surface area contributed by atoms with E-state index in [4.69, 9.17) is 5.11 Å². The van der Waals surface area contributed by atoms with Crippen LogP contribution in [0.1, 0.15) is 52.4 Å². The number of aliphatic carboxylic acids is 1. The summed E-state index contributed by atoms with van der Waals surface area (Å²) in [6, 6.07) is 0. The second-order valence-electron chi connectivity index (χ2n) is 4.99. The van der Waals surface area contributed by atoms with Crippen LogP contribution in [-0.2, 0) is 11.2 Å². The number of carbonyl (C=O) groups is 3. The number of carbonyl (C=O) groups excluding carboxylic acids is 2. The number of rotatable bonds is 9. The number of Topliss-reactive ketones (excluding diaryl/α,β-unsaturated/α-hetero) is 1. The van der Waals surface area contributed by atoms with Crippen molar-refractivity contribution in [2.45, 2.75) is 33.6 Å². The summed E-state index contributed by atoms with van der Waals surface area (Å²) in [4.78, 5) is 37.4. The fourth-order valence-corrected chi connectivity index (χ4v) is 2.90. The molecule has 0 spiro atoms. The highest BCUT2D eigenvalue weighted by atomic mass is 32.2. The highest BCUT2D eigenvalue weighted by molar-refractivity contribution is 7.99. The van der Waals surface area contributed by atoms with Crippen LogP contribution in [0.15, 0.2) is 0 Å². The van der Waals surface area contributed by atoms with Gasteiger partial charge in [0.1, 0.15) is 5.69 Å². The van der Waals surface area contributed by atoms with E-state index in [-0.39, 0.29) is 17.4 Å². The molecular formula is C15H22N2O4S. The van der Waals surface area contributed by atoms with Gasteiger partial charge in [0, 0.05) is 23.6 Å². The van der Waals surface area contributed by atoms with Gasteiger partial charge in [-0.2, -0.15) is 0 Å². The quantitative estimate of drug-likeness (QED) is 0.476. The Morgan fingerprint density at radius 2 is 2.00 bits per heavy atom. The Balaban J connectivity index is 2.74. The van der Waals surface area contributed by atoms with Gasteiger partial charge >= 0.3 is 5.97 Å². The lowest BCUT2D eigenvalue weighted by Crippen LogP contribution is -2.27. The first-order valence-electron chi connectivity index (χ1n) is 7.18. The van der Waals surface area contributed by atoms with Gasteiger partial charge in [-0.15, -0.1) is 11.8 Å². The van der Waals surface area contributed by atoms with Crippen LogP contribution >= 0.6 is 11.8 Å². The van der Waals surface area contributed by atoms with E-state index in [9.17, 15) is 14.4 Å². The number of hydrogen-bond acceptors (Lipinski definition) is 4. The number of carboxylic acid groups (broad SMARTS) is 1. The number of aromatic nitrogens is 1. The van der Waals surface area contributed by atoms with E-state index in [0.717, 1.165) is 12.0 Å². The molecule has 0 atom stereocenters. The third-order valence-electron chi connectivity index (χ3n) is 3.13. The minimum atomic E-state index is -0.868. The van der Waals surface area contributed by atoms with Crippen molar-refractivity contribution in [3.8, 4) is 0 Å². The standard InChI is InChI=1S/C15H22N2O4S/c1-4-5-11-13(10(3)18)9(2)17-14(11)15(21)16-6-7-22-8-12(19)20/h17H,4-8H2,1-3H3,(H,16,21)(H,19,20). The smallest absolute Gasteiger partial charge is 0.313 e. The molecule has 3 N–H and O–H groups in total. The number of H-pyrrole nitrogens is 1. The molecule has 0 aromatic carbocycles. The van der Waals surface area contributed by atoms with Crippen molar-refractivity contribution in [2.24, 2.45) is 0 Å². The predicted molar refractivity (Wildman–Crippen MR) is 86.8 cm³/mol. The highest BCUT2D eigenvalue weighted by Gasteiger charge is 2.21. The van der Waals surface area contributed by atoms with Gasteiger partial charge in [0.25, 0.3) is 5.91 Å². The molecule has 1 aromatic rings. The number of thioether (sulfide) groups is 1. The molecule has 0 aliphatic heterocycles. The predicted octanol–water partition coefficient (Wildman–Crippen LogP) is 2.03. The first-order valence-corrected chi connectivity index (χ1v) is 8.34. The second-order valence-corrected chi connectivity index (χ2v) is 6.09. The number of carboxylic acids is 1. The minimum absolute atomic E-state index is 0.0209. The SMILES string of the molecule is CCCc1c(C(=O)NCCSCC(=O)O)[nH]c(C)c1C(C)=O. The van der Waals surface area contributed by atoms with Crippen molar-refractivity contribution >= 4 is 29.4 Å². The van der Waals surface area contributed by atoms with Gasteiger partial charge < -0.3 is 15.4 Å². The Kier molecular flexibility index (Phi) is 7.17. The first kappa shape index (κ1) is 18.3. The summed E-state index contributed by atoms with van der Waals surface area (Å²) in [6.45, 7) is 5.67. The van der Waals surface area contributed by atoms with Gasteiger partial charge in [0.05, 0.1) is 5.75 Å². The van der Waals surface area contributed by atoms with E-state index in [2.05, 4.69) is 10.3 Å². The summed E-state index contributed by atoms with van der Waals surface area (Å²) in [7, 11) is 0. The molecule has 0 aliphatic rings. The summed E-state index contributed by atoms with van der Waals surface area (Å²) in [6.07, 6.45) is 1.50. The molecule has 1 amide bonds. The van der Waals surface area contributed by atoms with Crippen molar-refractivity contribution in [2.75, 3.05) is 18.1 Å². The van der Waals surface area contributed by atoms with Crippen LogP contribution in [-0.4, -0.2) is 45.8 Å². The average molecular weight is 326 g/mol. The van der Waals surface area contributed by atoms with Gasteiger partial charge in [-0.1, -0.05) is 13.3 Å². The summed E-state index contributed by atoms with van der Waals surface area (Å²) >= 11 is 1.25. The molecule has 0 unspecified atom stereocenters. The van der Waals surface area contributed by atoms with E-state index >= 15 is 0 Å². The molecule has 0 aliphatic carbocycles. The lowest BCUT2D eigenvalue weighted by molar-refractivity contribution is -0.133. The second kappa shape index (κ2) is 8.63. The molecule has 1 aromatic heterocycles. The molecule has 0 bridgehead atoms. The maximum atomic E-state index is 12.2. The molecule has 0 saturated heterocycles. The van der Waals surface area contributed by atoms with Gasteiger partial charge in [-0.3, -0.25) is 14.4 Å². The number of hydrogen-bond donors (Lipinski definition) is 3. The first-order chi connectivity index (χ1) is 10.4.